The third kappa shape index (κ3) is 4.07. The van der Waals surface area contributed by atoms with E-state index in [2.05, 4.69) is 4.90 Å². The molecule has 1 aromatic rings. The molecule has 0 unspecified atom stereocenters. The standard InChI is InChI=1S/C15H22N2O4/c1-11(2)21-15-8-13(7-14(9-15)17(19)20)16-5-3-12(10-18)4-6-16/h7-9,11-12,18H,3-6,10H2,1-2H3. The van der Waals surface area contributed by atoms with Crippen molar-refractivity contribution in [3.8, 4) is 5.75 Å². The average Bonchev–Trinajstić information content (AvgIpc) is 2.46. The molecule has 2 rings (SSSR count). The third-order valence-corrected chi connectivity index (χ3v) is 3.70. The molecule has 1 saturated heterocycles. The minimum atomic E-state index is -0.392. The van der Waals surface area contributed by atoms with Gasteiger partial charge in [0.1, 0.15) is 5.75 Å². The van der Waals surface area contributed by atoms with Crippen molar-refractivity contribution in [2.75, 3.05) is 24.6 Å². The van der Waals surface area contributed by atoms with Crippen molar-refractivity contribution in [1.82, 2.24) is 0 Å². The maximum atomic E-state index is 11.1. The number of nitrogens with zero attached hydrogens (tertiary/aromatic N) is 2. The number of hydrogen-bond donors (Lipinski definition) is 1. The summed E-state index contributed by atoms with van der Waals surface area (Å²) in [6, 6.07) is 4.91. The molecule has 0 radical (unpaired) electrons. The number of hydrogen-bond acceptors (Lipinski definition) is 5. The fourth-order valence-corrected chi connectivity index (χ4v) is 2.57. The monoisotopic (exact) mass is 294 g/mol. The summed E-state index contributed by atoms with van der Waals surface area (Å²) in [4.78, 5) is 12.8. The lowest BCUT2D eigenvalue weighted by Crippen LogP contribution is -2.34. The third-order valence-electron chi connectivity index (χ3n) is 3.70. The number of piperidine rings is 1. The zero-order chi connectivity index (χ0) is 15.4. The molecule has 6 heteroatoms. The van der Waals surface area contributed by atoms with Crippen LogP contribution in [-0.4, -0.2) is 35.8 Å². The predicted octanol–water partition coefficient (Wildman–Crippen LogP) is 2.59. The van der Waals surface area contributed by atoms with Crippen LogP contribution in [0.15, 0.2) is 18.2 Å². The van der Waals surface area contributed by atoms with Gasteiger partial charge in [-0.3, -0.25) is 10.1 Å². The molecule has 1 aliphatic rings. The molecule has 1 heterocycles. The molecule has 0 aliphatic carbocycles. The largest absolute Gasteiger partial charge is 0.491 e. The SMILES string of the molecule is CC(C)Oc1cc(N2CCC(CO)CC2)cc([N+](=O)[O-])c1. The molecule has 1 aromatic carbocycles. The number of benzene rings is 1. The van der Waals surface area contributed by atoms with E-state index in [1.807, 2.05) is 19.9 Å². The smallest absolute Gasteiger partial charge is 0.275 e. The van der Waals surface area contributed by atoms with E-state index in [0.717, 1.165) is 31.6 Å². The van der Waals surface area contributed by atoms with Gasteiger partial charge in [-0.25, -0.2) is 0 Å². The van der Waals surface area contributed by atoms with Gasteiger partial charge in [-0.2, -0.15) is 0 Å². The van der Waals surface area contributed by atoms with Crippen molar-refractivity contribution in [3.63, 3.8) is 0 Å². The zero-order valence-corrected chi connectivity index (χ0v) is 12.5. The van der Waals surface area contributed by atoms with Gasteiger partial charge in [0.2, 0.25) is 0 Å². The number of nitro groups is 1. The molecule has 21 heavy (non-hydrogen) atoms. The number of ether oxygens (including phenoxy) is 1. The van der Waals surface area contributed by atoms with Gasteiger partial charge in [0, 0.05) is 37.5 Å². The molecule has 0 saturated carbocycles. The maximum Gasteiger partial charge on any atom is 0.275 e. The second kappa shape index (κ2) is 6.76. The van der Waals surface area contributed by atoms with E-state index in [-0.39, 0.29) is 18.4 Å². The van der Waals surface area contributed by atoms with Gasteiger partial charge in [0.25, 0.3) is 5.69 Å². The fraction of sp³-hybridized carbons (Fsp3) is 0.600. The Hall–Kier alpha value is -1.82. The molecular formula is C15H22N2O4. The fourth-order valence-electron chi connectivity index (χ4n) is 2.57. The summed E-state index contributed by atoms with van der Waals surface area (Å²) >= 11 is 0. The lowest BCUT2D eigenvalue weighted by atomic mass is 9.97. The number of aliphatic hydroxyl groups is 1. The lowest BCUT2D eigenvalue weighted by molar-refractivity contribution is -0.384. The lowest BCUT2D eigenvalue weighted by Gasteiger charge is -2.33. The van der Waals surface area contributed by atoms with Gasteiger partial charge in [-0.15, -0.1) is 0 Å². The number of non-ortho nitro benzene ring substituents is 1. The minimum absolute atomic E-state index is 0.0278. The van der Waals surface area contributed by atoms with Crippen LogP contribution < -0.4 is 9.64 Å². The molecule has 6 nitrogen and oxygen atoms in total. The summed E-state index contributed by atoms with van der Waals surface area (Å²) in [6.07, 6.45) is 1.78. The molecular weight excluding hydrogens is 272 g/mol. The summed E-state index contributed by atoms with van der Waals surface area (Å²) in [5, 5.41) is 20.3. The van der Waals surface area contributed by atoms with E-state index >= 15 is 0 Å². The highest BCUT2D eigenvalue weighted by atomic mass is 16.6. The number of anilines is 1. The van der Waals surface area contributed by atoms with E-state index in [1.54, 1.807) is 6.07 Å². The van der Waals surface area contributed by atoms with Crippen molar-refractivity contribution >= 4 is 11.4 Å². The Morgan fingerprint density at radius 2 is 2.05 bits per heavy atom. The van der Waals surface area contributed by atoms with Crippen LogP contribution in [0, 0.1) is 16.0 Å². The van der Waals surface area contributed by atoms with E-state index in [4.69, 9.17) is 4.74 Å². The Morgan fingerprint density at radius 1 is 1.38 bits per heavy atom. The van der Waals surface area contributed by atoms with Gasteiger partial charge in [-0.1, -0.05) is 0 Å². The number of rotatable bonds is 5. The van der Waals surface area contributed by atoms with Crippen LogP contribution in [-0.2, 0) is 0 Å². The second-order valence-corrected chi connectivity index (χ2v) is 5.72. The Bertz CT molecular complexity index is 496. The van der Waals surface area contributed by atoms with Gasteiger partial charge in [0.15, 0.2) is 0 Å². The summed E-state index contributed by atoms with van der Waals surface area (Å²) in [5.74, 6) is 0.866. The van der Waals surface area contributed by atoms with Gasteiger partial charge in [0.05, 0.1) is 17.1 Å². The van der Waals surface area contributed by atoms with Crippen LogP contribution in [0.3, 0.4) is 0 Å². The van der Waals surface area contributed by atoms with Crippen molar-refractivity contribution < 1.29 is 14.8 Å². The van der Waals surface area contributed by atoms with Crippen LogP contribution in [0.1, 0.15) is 26.7 Å². The molecule has 1 fully saturated rings. The minimum Gasteiger partial charge on any atom is -0.491 e. The Balaban J connectivity index is 2.21. The van der Waals surface area contributed by atoms with Crippen LogP contribution in [0.25, 0.3) is 0 Å². The van der Waals surface area contributed by atoms with E-state index in [9.17, 15) is 15.2 Å². The molecule has 116 valence electrons. The van der Waals surface area contributed by atoms with Crippen LogP contribution >= 0.6 is 0 Å². The first kappa shape index (κ1) is 15.6. The first-order valence-corrected chi connectivity index (χ1v) is 7.31. The first-order chi connectivity index (χ1) is 9.99. The molecule has 1 aliphatic heterocycles. The topological polar surface area (TPSA) is 75.8 Å². The molecule has 0 spiro atoms. The van der Waals surface area contributed by atoms with Crippen molar-refractivity contribution in [3.05, 3.63) is 28.3 Å². The molecule has 0 amide bonds. The Morgan fingerprint density at radius 3 is 2.57 bits per heavy atom. The predicted molar refractivity (Wildman–Crippen MR) is 80.9 cm³/mol. The Kier molecular flexibility index (Phi) is 5.01. The maximum absolute atomic E-state index is 11.1. The summed E-state index contributed by atoms with van der Waals surface area (Å²) in [6.45, 7) is 5.60. The highest BCUT2D eigenvalue weighted by Crippen LogP contribution is 2.31. The van der Waals surface area contributed by atoms with Crippen molar-refractivity contribution in [2.24, 2.45) is 5.92 Å². The second-order valence-electron chi connectivity index (χ2n) is 5.72. The van der Waals surface area contributed by atoms with Gasteiger partial charge >= 0.3 is 0 Å². The summed E-state index contributed by atoms with van der Waals surface area (Å²) in [5.41, 5.74) is 0.865. The Labute approximate surface area is 124 Å². The molecule has 0 aromatic heterocycles. The summed E-state index contributed by atoms with van der Waals surface area (Å²) in [7, 11) is 0. The highest BCUT2D eigenvalue weighted by Gasteiger charge is 2.21. The van der Waals surface area contributed by atoms with Gasteiger partial charge in [-0.05, 0) is 32.6 Å². The highest BCUT2D eigenvalue weighted by molar-refractivity contribution is 5.58. The van der Waals surface area contributed by atoms with Crippen LogP contribution in [0.4, 0.5) is 11.4 Å². The molecule has 0 bridgehead atoms. The molecule has 0 atom stereocenters. The zero-order valence-electron chi connectivity index (χ0n) is 12.5. The van der Waals surface area contributed by atoms with Crippen molar-refractivity contribution in [2.45, 2.75) is 32.8 Å². The van der Waals surface area contributed by atoms with Gasteiger partial charge < -0.3 is 14.7 Å². The number of nitro benzene ring substituents is 1. The van der Waals surface area contributed by atoms with Crippen LogP contribution in [0.5, 0.6) is 5.75 Å². The normalized spacial score (nSPS) is 16.3. The summed E-state index contributed by atoms with van der Waals surface area (Å²) < 4.78 is 5.61. The first-order valence-electron chi connectivity index (χ1n) is 7.31. The van der Waals surface area contributed by atoms with E-state index in [1.165, 1.54) is 6.07 Å². The van der Waals surface area contributed by atoms with Crippen molar-refractivity contribution in [1.29, 1.82) is 0 Å². The van der Waals surface area contributed by atoms with E-state index < -0.39 is 4.92 Å². The average molecular weight is 294 g/mol. The molecule has 1 N–H and O–H groups in total. The quantitative estimate of drug-likeness (QED) is 0.667. The van der Waals surface area contributed by atoms with E-state index in [0.29, 0.717) is 11.7 Å². The number of aliphatic hydroxyl groups excluding tert-OH is 1. The van der Waals surface area contributed by atoms with Crippen LogP contribution in [0.2, 0.25) is 0 Å².